The summed E-state index contributed by atoms with van der Waals surface area (Å²) in [5.74, 6) is -1.29. The van der Waals surface area contributed by atoms with Crippen molar-refractivity contribution in [2.45, 2.75) is 17.9 Å². The molecule has 0 saturated carbocycles. The van der Waals surface area contributed by atoms with E-state index in [0.29, 0.717) is 0 Å². The van der Waals surface area contributed by atoms with E-state index in [1.54, 1.807) is 18.2 Å². The third-order valence-corrected chi connectivity index (χ3v) is 5.46. The number of nitrogens with zero attached hydrogens (tertiary/aromatic N) is 1. The van der Waals surface area contributed by atoms with Crippen molar-refractivity contribution < 1.29 is 18.3 Å². The first-order chi connectivity index (χ1) is 10.7. The fraction of sp³-hybridized carbons (Fsp3) is 0.133. The Hall–Kier alpha value is -1.76. The van der Waals surface area contributed by atoms with Gasteiger partial charge in [0.05, 0.1) is 10.6 Å². The summed E-state index contributed by atoms with van der Waals surface area (Å²) >= 11 is 11.8. The number of sulfonamides is 1. The molecule has 0 radical (unpaired) electrons. The van der Waals surface area contributed by atoms with E-state index in [1.165, 1.54) is 37.3 Å². The normalized spacial score (nSPS) is 12.7. The van der Waals surface area contributed by atoms with Crippen molar-refractivity contribution in [2.24, 2.45) is 0 Å². The monoisotopic (exact) mass is 373 g/mol. The van der Waals surface area contributed by atoms with Crippen LogP contribution in [0.3, 0.4) is 0 Å². The maximum atomic E-state index is 12.9. The number of rotatable bonds is 5. The van der Waals surface area contributed by atoms with Crippen molar-refractivity contribution in [3.63, 3.8) is 0 Å². The second-order valence-corrected chi connectivity index (χ2v) is 7.44. The van der Waals surface area contributed by atoms with Crippen LogP contribution in [0.2, 0.25) is 10.0 Å². The molecule has 0 aliphatic carbocycles. The fourth-order valence-electron chi connectivity index (χ4n) is 2.04. The number of carboxylic acid groups (broad SMARTS) is 1. The minimum Gasteiger partial charge on any atom is -0.480 e. The first kappa shape index (κ1) is 17.6. The number of anilines is 1. The van der Waals surface area contributed by atoms with E-state index in [-0.39, 0.29) is 20.6 Å². The average molecular weight is 374 g/mol. The molecule has 5 nitrogen and oxygen atoms in total. The number of halogens is 2. The molecule has 1 atom stereocenters. The largest absolute Gasteiger partial charge is 0.480 e. The van der Waals surface area contributed by atoms with Crippen LogP contribution in [0.5, 0.6) is 0 Å². The number of hydrogen-bond acceptors (Lipinski definition) is 3. The summed E-state index contributed by atoms with van der Waals surface area (Å²) in [6, 6.07) is 10.4. The lowest BCUT2D eigenvalue weighted by molar-refractivity contribution is -0.137. The molecule has 2 aromatic rings. The van der Waals surface area contributed by atoms with Gasteiger partial charge in [-0.05, 0) is 37.3 Å². The van der Waals surface area contributed by atoms with Gasteiger partial charge in [0.1, 0.15) is 6.04 Å². The summed E-state index contributed by atoms with van der Waals surface area (Å²) in [6.07, 6.45) is 0. The van der Waals surface area contributed by atoms with Crippen LogP contribution in [0.4, 0.5) is 5.69 Å². The number of carbonyl (C=O) groups is 1. The van der Waals surface area contributed by atoms with Crippen molar-refractivity contribution in [1.82, 2.24) is 0 Å². The fourth-order valence-corrected chi connectivity index (χ4v) is 4.18. The first-order valence-corrected chi connectivity index (χ1v) is 8.71. The Morgan fingerprint density at radius 1 is 1.09 bits per heavy atom. The third kappa shape index (κ3) is 3.77. The van der Waals surface area contributed by atoms with Gasteiger partial charge in [-0.1, -0.05) is 41.4 Å². The summed E-state index contributed by atoms with van der Waals surface area (Å²) in [4.78, 5) is 11.4. The van der Waals surface area contributed by atoms with Crippen molar-refractivity contribution in [3.05, 3.63) is 58.6 Å². The molecular formula is C15H13Cl2NO4S. The summed E-state index contributed by atoms with van der Waals surface area (Å²) in [5, 5.41) is 9.70. The Morgan fingerprint density at radius 3 is 2.09 bits per heavy atom. The zero-order valence-electron chi connectivity index (χ0n) is 12.0. The Balaban J connectivity index is 2.66. The summed E-state index contributed by atoms with van der Waals surface area (Å²) in [5.41, 5.74) is 0.0845. The van der Waals surface area contributed by atoms with E-state index < -0.39 is 22.0 Å². The molecule has 0 bridgehead atoms. The maximum Gasteiger partial charge on any atom is 0.327 e. The highest BCUT2D eigenvalue weighted by Gasteiger charge is 2.33. The van der Waals surface area contributed by atoms with Gasteiger partial charge in [0.15, 0.2) is 0 Å². The molecule has 122 valence electrons. The Bertz CT molecular complexity index is 804. The number of benzene rings is 2. The summed E-state index contributed by atoms with van der Waals surface area (Å²) < 4.78 is 26.5. The van der Waals surface area contributed by atoms with Crippen LogP contribution in [0.1, 0.15) is 6.92 Å². The van der Waals surface area contributed by atoms with Crippen LogP contribution < -0.4 is 4.31 Å². The summed E-state index contributed by atoms with van der Waals surface area (Å²) in [7, 11) is -4.10. The highest BCUT2D eigenvalue weighted by Crippen LogP contribution is 2.31. The Kier molecular flexibility index (Phi) is 5.19. The van der Waals surface area contributed by atoms with Crippen LogP contribution in [0.15, 0.2) is 53.4 Å². The molecule has 0 aliphatic rings. The lowest BCUT2D eigenvalue weighted by Crippen LogP contribution is -2.43. The van der Waals surface area contributed by atoms with Gasteiger partial charge >= 0.3 is 5.97 Å². The van der Waals surface area contributed by atoms with Crippen molar-refractivity contribution in [3.8, 4) is 0 Å². The molecule has 0 saturated heterocycles. The SMILES string of the molecule is CC(C(=O)O)N(c1cc(Cl)cc(Cl)c1)S(=O)(=O)c1ccccc1. The van der Waals surface area contributed by atoms with Gasteiger partial charge in [0, 0.05) is 10.0 Å². The number of aliphatic carboxylic acids is 1. The first-order valence-electron chi connectivity index (χ1n) is 6.52. The highest BCUT2D eigenvalue weighted by molar-refractivity contribution is 7.92. The van der Waals surface area contributed by atoms with Crippen molar-refractivity contribution in [1.29, 1.82) is 0 Å². The predicted octanol–water partition coefficient (Wildman–Crippen LogP) is 3.66. The molecule has 0 fully saturated rings. The van der Waals surface area contributed by atoms with E-state index in [9.17, 15) is 18.3 Å². The van der Waals surface area contributed by atoms with Crippen LogP contribution in [0.25, 0.3) is 0 Å². The zero-order valence-corrected chi connectivity index (χ0v) is 14.3. The minimum absolute atomic E-state index is 0.0239. The van der Waals surface area contributed by atoms with E-state index in [4.69, 9.17) is 23.2 Å². The average Bonchev–Trinajstić information content (AvgIpc) is 2.47. The quantitative estimate of drug-likeness (QED) is 0.867. The number of hydrogen-bond donors (Lipinski definition) is 1. The molecular weight excluding hydrogens is 361 g/mol. The molecule has 0 aromatic heterocycles. The van der Waals surface area contributed by atoms with E-state index in [2.05, 4.69) is 0 Å². The Morgan fingerprint density at radius 2 is 1.61 bits per heavy atom. The molecule has 0 aliphatic heterocycles. The molecule has 2 aromatic carbocycles. The smallest absolute Gasteiger partial charge is 0.327 e. The van der Waals surface area contributed by atoms with Crippen molar-refractivity contribution in [2.75, 3.05) is 4.31 Å². The molecule has 1 unspecified atom stereocenters. The van der Waals surface area contributed by atoms with Crippen molar-refractivity contribution >= 4 is 44.9 Å². The molecule has 2 rings (SSSR count). The Labute approximate surface area is 144 Å². The van der Waals surface area contributed by atoms with Crippen LogP contribution in [-0.4, -0.2) is 25.5 Å². The lowest BCUT2D eigenvalue weighted by Gasteiger charge is -2.28. The lowest BCUT2D eigenvalue weighted by atomic mass is 10.2. The van der Waals surface area contributed by atoms with Crippen LogP contribution >= 0.6 is 23.2 Å². The van der Waals surface area contributed by atoms with Gasteiger partial charge in [0.2, 0.25) is 0 Å². The van der Waals surface area contributed by atoms with E-state index >= 15 is 0 Å². The van der Waals surface area contributed by atoms with E-state index in [1.807, 2.05) is 0 Å². The minimum atomic E-state index is -4.10. The van der Waals surface area contributed by atoms with Gasteiger partial charge in [-0.15, -0.1) is 0 Å². The summed E-state index contributed by atoms with van der Waals surface area (Å²) in [6.45, 7) is 1.28. The zero-order chi connectivity index (χ0) is 17.2. The predicted molar refractivity (Wildman–Crippen MR) is 89.7 cm³/mol. The molecule has 0 amide bonds. The van der Waals surface area contributed by atoms with Gasteiger partial charge in [-0.2, -0.15) is 0 Å². The maximum absolute atomic E-state index is 12.9. The third-order valence-electron chi connectivity index (χ3n) is 3.11. The topological polar surface area (TPSA) is 74.7 Å². The molecule has 23 heavy (non-hydrogen) atoms. The molecule has 0 heterocycles. The van der Waals surface area contributed by atoms with Crippen LogP contribution in [0, 0.1) is 0 Å². The molecule has 0 spiro atoms. The number of carboxylic acids is 1. The molecule has 1 N–H and O–H groups in total. The van der Waals surface area contributed by atoms with Gasteiger partial charge in [-0.3, -0.25) is 4.31 Å². The van der Waals surface area contributed by atoms with Gasteiger partial charge in [-0.25, -0.2) is 13.2 Å². The second kappa shape index (κ2) is 6.78. The van der Waals surface area contributed by atoms with E-state index in [0.717, 1.165) is 4.31 Å². The van der Waals surface area contributed by atoms with Gasteiger partial charge in [0.25, 0.3) is 10.0 Å². The second-order valence-electron chi connectivity index (χ2n) is 4.76. The standard InChI is InChI=1S/C15H13Cl2NO4S/c1-10(15(19)20)18(13-8-11(16)7-12(17)9-13)23(21,22)14-5-3-2-4-6-14/h2-10H,1H3,(H,19,20). The van der Waals surface area contributed by atoms with Gasteiger partial charge < -0.3 is 5.11 Å². The highest BCUT2D eigenvalue weighted by atomic mass is 35.5. The van der Waals surface area contributed by atoms with Crippen LogP contribution in [-0.2, 0) is 14.8 Å². The molecule has 8 heteroatoms.